The van der Waals surface area contributed by atoms with Gasteiger partial charge in [0.15, 0.2) is 0 Å². The van der Waals surface area contributed by atoms with Crippen LogP contribution < -0.4 is 0 Å². The van der Waals surface area contributed by atoms with Gasteiger partial charge in [0, 0.05) is 5.56 Å². The van der Waals surface area contributed by atoms with Crippen LogP contribution in [0.2, 0.25) is 0 Å². The summed E-state index contributed by atoms with van der Waals surface area (Å²) in [4.78, 5) is 10.2. The molecule has 0 unspecified atom stereocenters. The molecule has 13 heavy (non-hydrogen) atoms. The Morgan fingerprint density at radius 3 is 2.31 bits per heavy atom. The molecule has 1 rings (SSSR count). The second kappa shape index (κ2) is 4.37. The average molecular weight is 202 g/mol. The van der Waals surface area contributed by atoms with Crippen LogP contribution in [0.1, 0.15) is 17.3 Å². The molecule has 4 heteroatoms. The summed E-state index contributed by atoms with van der Waals surface area (Å²) < 4.78 is 26.1. The summed E-state index contributed by atoms with van der Waals surface area (Å²) in [5.74, 6) is -0.753. The van der Waals surface area contributed by atoms with E-state index in [4.69, 9.17) is 0 Å². The lowest BCUT2D eigenvalue weighted by molar-refractivity contribution is 0.112. The quantitative estimate of drug-likeness (QED) is 0.553. The maximum Gasteiger partial charge on any atom is 0.150 e. The van der Waals surface area contributed by atoms with Gasteiger partial charge in [-0.15, -0.1) is 11.8 Å². The number of benzene rings is 1. The van der Waals surface area contributed by atoms with Crippen molar-refractivity contribution in [2.45, 2.75) is 11.8 Å². The summed E-state index contributed by atoms with van der Waals surface area (Å²) in [5.41, 5.74) is 0.0236. The summed E-state index contributed by atoms with van der Waals surface area (Å²) in [6, 6.07) is 2.07. The van der Waals surface area contributed by atoms with Gasteiger partial charge in [-0.25, -0.2) is 8.78 Å². The van der Waals surface area contributed by atoms with Crippen LogP contribution in [0.5, 0.6) is 0 Å². The minimum absolute atomic E-state index is 0.0203. The highest BCUT2D eigenvalue weighted by atomic mass is 32.2. The van der Waals surface area contributed by atoms with Crippen molar-refractivity contribution in [1.82, 2.24) is 0 Å². The molecule has 0 saturated carbocycles. The lowest BCUT2D eigenvalue weighted by atomic mass is 10.2. The molecule has 0 aromatic heterocycles. The normalized spacial score (nSPS) is 10.1. The first-order chi connectivity index (χ1) is 6.19. The van der Waals surface area contributed by atoms with Crippen molar-refractivity contribution in [3.8, 4) is 0 Å². The number of carbonyl (C=O) groups is 1. The van der Waals surface area contributed by atoms with E-state index in [1.807, 2.05) is 0 Å². The maximum atomic E-state index is 13.1. The standard InChI is InChI=1S/C9H8F2OS/c1-2-13-9-7(10)3-6(5-12)4-8(9)11/h3-5H,2H2,1H3. The average Bonchev–Trinajstić information content (AvgIpc) is 2.11. The van der Waals surface area contributed by atoms with E-state index in [2.05, 4.69) is 0 Å². The lowest BCUT2D eigenvalue weighted by Gasteiger charge is -2.02. The van der Waals surface area contributed by atoms with Gasteiger partial charge in [0.25, 0.3) is 0 Å². The van der Waals surface area contributed by atoms with E-state index >= 15 is 0 Å². The predicted octanol–water partition coefficient (Wildman–Crippen LogP) is 2.89. The summed E-state index contributed by atoms with van der Waals surface area (Å²) in [6.45, 7) is 1.80. The van der Waals surface area contributed by atoms with Gasteiger partial charge in [-0.05, 0) is 17.9 Å². The Bertz CT molecular complexity index is 302. The number of hydrogen-bond donors (Lipinski definition) is 0. The van der Waals surface area contributed by atoms with Gasteiger partial charge in [-0.2, -0.15) is 0 Å². The Kier molecular flexibility index (Phi) is 3.42. The van der Waals surface area contributed by atoms with Crippen LogP contribution in [0.15, 0.2) is 17.0 Å². The van der Waals surface area contributed by atoms with Crippen LogP contribution in [0.25, 0.3) is 0 Å². The SMILES string of the molecule is CCSc1c(F)cc(C=O)cc1F. The number of halogens is 2. The third-order valence-corrected chi connectivity index (χ3v) is 2.41. The Balaban J connectivity index is 3.14. The summed E-state index contributed by atoms with van der Waals surface area (Å²) in [6.07, 6.45) is 0.423. The fraction of sp³-hybridized carbons (Fsp3) is 0.222. The Morgan fingerprint density at radius 2 is 1.92 bits per heavy atom. The number of aldehydes is 1. The largest absolute Gasteiger partial charge is 0.298 e. The third-order valence-electron chi connectivity index (χ3n) is 1.45. The first-order valence-electron chi connectivity index (χ1n) is 3.76. The van der Waals surface area contributed by atoms with Crippen LogP contribution in [-0.2, 0) is 0 Å². The van der Waals surface area contributed by atoms with E-state index in [1.165, 1.54) is 0 Å². The van der Waals surface area contributed by atoms with Crippen molar-refractivity contribution in [2.75, 3.05) is 5.75 Å². The summed E-state index contributed by atoms with van der Waals surface area (Å²) in [7, 11) is 0. The molecule has 0 N–H and O–H groups in total. The van der Waals surface area contributed by atoms with Crippen molar-refractivity contribution < 1.29 is 13.6 Å². The minimum Gasteiger partial charge on any atom is -0.298 e. The smallest absolute Gasteiger partial charge is 0.150 e. The van der Waals surface area contributed by atoms with Gasteiger partial charge >= 0.3 is 0 Å². The molecule has 0 radical (unpaired) electrons. The van der Waals surface area contributed by atoms with Crippen LogP contribution in [-0.4, -0.2) is 12.0 Å². The molecular weight excluding hydrogens is 194 g/mol. The number of rotatable bonds is 3. The van der Waals surface area contributed by atoms with Crippen molar-refractivity contribution in [1.29, 1.82) is 0 Å². The van der Waals surface area contributed by atoms with Crippen molar-refractivity contribution in [2.24, 2.45) is 0 Å². The molecule has 0 atom stereocenters. The first kappa shape index (κ1) is 10.2. The molecule has 0 spiro atoms. The first-order valence-corrected chi connectivity index (χ1v) is 4.74. The van der Waals surface area contributed by atoms with E-state index in [0.717, 1.165) is 23.9 Å². The summed E-state index contributed by atoms with van der Waals surface area (Å²) in [5, 5.41) is 0. The molecule has 0 heterocycles. The lowest BCUT2D eigenvalue weighted by Crippen LogP contribution is -1.92. The predicted molar refractivity (Wildman–Crippen MR) is 48.1 cm³/mol. The van der Waals surface area contributed by atoms with E-state index < -0.39 is 11.6 Å². The Morgan fingerprint density at radius 1 is 1.38 bits per heavy atom. The molecule has 0 aliphatic rings. The third kappa shape index (κ3) is 2.28. The highest BCUT2D eigenvalue weighted by molar-refractivity contribution is 7.99. The van der Waals surface area contributed by atoms with E-state index in [9.17, 15) is 13.6 Å². The maximum absolute atomic E-state index is 13.1. The second-order valence-corrected chi connectivity index (χ2v) is 3.64. The van der Waals surface area contributed by atoms with E-state index in [1.54, 1.807) is 6.92 Å². The van der Waals surface area contributed by atoms with E-state index in [-0.39, 0.29) is 10.5 Å². The number of thioether (sulfide) groups is 1. The molecule has 1 aromatic carbocycles. The molecule has 1 aromatic rings. The van der Waals surface area contributed by atoms with Gasteiger partial charge in [0.1, 0.15) is 17.9 Å². The van der Waals surface area contributed by atoms with Crippen LogP contribution >= 0.6 is 11.8 Å². The van der Waals surface area contributed by atoms with Crippen LogP contribution in [0.4, 0.5) is 8.78 Å². The monoisotopic (exact) mass is 202 g/mol. The molecule has 70 valence electrons. The Hall–Kier alpha value is -0.900. The van der Waals surface area contributed by atoms with E-state index in [0.29, 0.717) is 12.0 Å². The zero-order valence-electron chi connectivity index (χ0n) is 7.01. The molecular formula is C9H8F2OS. The van der Waals surface area contributed by atoms with Crippen LogP contribution in [0.3, 0.4) is 0 Å². The number of carbonyl (C=O) groups excluding carboxylic acids is 1. The van der Waals surface area contributed by atoms with Gasteiger partial charge in [-0.1, -0.05) is 6.92 Å². The minimum atomic E-state index is -0.672. The fourth-order valence-electron chi connectivity index (χ4n) is 0.930. The molecule has 0 amide bonds. The highest BCUT2D eigenvalue weighted by Gasteiger charge is 2.10. The van der Waals surface area contributed by atoms with Crippen molar-refractivity contribution in [3.63, 3.8) is 0 Å². The van der Waals surface area contributed by atoms with Crippen molar-refractivity contribution >= 4 is 18.0 Å². The molecule has 0 bridgehead atoms. The summed E-state index contributed by atoms with van der Waals surface area (Å²) >= 11 is 1.08. The van der Waals surface area contributed by atoms with Gasteiger partial charge in [-0.3, -0.25) is 4.79 Å². The molecule has 0 fully saturated rings. The van der Waals surface area contributed by atoms with Crippen LogP contribution in [0, 0.1) is 11.6 Å². The molecule has 0 aliphatic carbocycles. The number of hydrogen-bond acceptors (Lipinski definition) is 2. The molecule has 1 nitrogen and oxygen atoms in total. The zero-order valence-corrected chi connectivity index (χ0v) is 7.83. The second-order valence-electron chi connectivity index (χ2n) is 2.36. The molecule has 0 aliphatic heterocycles. The fourth-order valence-corrected chi connectivity index (χ4v) is 1.61. The van der Waals surface area contributed by atoms with Crippen molar-refractivity contribution in [3.05, 3.63) is 29.3 Å². The topological polar surface area (TPSA) is 17.1 Å². The Labute approximate surface area is 79.1 Å². The van der Waals surface area contributed by atoms with Gasteiger partial charge < -0.3 is 0 Å². The highest BCUT2D eigenvalue weighted by Crippen LogP contribution is 2.25. The zero-order chi connectivity index (χ0) is 9.84. The van der Waals surface area contributed by atoms with Gasteiger partial charge in [0.05, 0.1) is 4.90 Å². The van der Waals surface area contributed by atoms with Gasteiger partial charge in [0.2, 0.25) is 0 Å². The molecule has 0 saturated heterocycles.